The fourth-order valence-corrected chi connectivity index (χ4v) is 11.2. The van der Waals surface area contributed by atoms with Gasteiger partial charge in [-0.25, -0.2) is 0 Å². The zero-order valence-corrected chi connectivity index (χ0v) is 29.0. The Balaban J connectivity index is 1.43. The summed E-state index contributed by atoms with van der Waals surface area (Å²) in [6.45, 7) is 22.2. The fourth-order valence-electron chi connectivity index (χ4n) is 11.2. The molecule has 0 aliphatic heterocycles. The summed E-state index contributed by atoms with van der Waals surface area (Å²) in [7, 11) is 0. The minimum Gasteiger partial charge on any atom is -0.481 e. The van der Waals surface area contributed by atoms with Crippen LogP contribution >= 0.6 is 0 Å². The van der Waals surface area contributed by atoms with Gasteiger partial charge in [-0.3, -0.25) is 14.4 Å². The van der Waals surface area contributed by atoms with Gasteiger partial charge in [0.05, 0.1) is 5.41 Å². The van der Waals surface area contributed by atoms with Crippen LogP contribution in [0.1, 0.15) is 139 Å². The minimum absolute atomic E-state index is 0.0525. The van der Waals surface area contributed by atoms with Crippen LogP contribution in [0.5, 0.6) is 0 Å². The smallest absolute Gasteiger partial charge is 0.310 e. The molecule has 5 rings (SSSR count). The predicted octanol–water partition coefficient (Wildman–Crippen LogP) is 9.99. The molecule has 0 saturated heterocycles. The molecule has 0 aromatic heterocycles. The maximum Gasteiger partial charge on any atom is 0.310 e. The van der Waals surface area contributed by atoms with Crippen molar-refractivity contribution in [1.82, 2.24) is 0 Å². The first kappa shape index (κ1) is 33.1. The molecule has 2 saturated carbocycles. The van der Waals surface area contributed by atoms with Gasteiger partial charge in [0.25, 0.3) is 0 Å². The molecule has 7 atom stereocenters. The first-order chi connectivity index (χ1) is 20.4. The highest BCUT2D eigenvalue weighted by molar-refractivity contribution is 5.89. The number of hydrogen-bond donors (Lipinski definition) is 1. The molecule has 44 heavy (non-hydrogen) atoms. The fraction of sp³-hybridized carbons (Fsp3) is 0.725. The van der Waals surface area contributed by atoms with Gasteiger partial charge in [0.2, 0.25) is 0 Å². The molecule has 1 spiro atoms. The van der Waals surface area contributed by atoms with Crippen molar-refractivity contribution >= 4 is 17.5 Å². The first-order valence-corrected chi connectivity index (χ1v) is 17.5. The van der Waals surface area contributed by atoms with Gasteiger partial charge in [0.1, 0.15) is 11.6 Å². The Morgan fingerprint density at radius 2 is 1.73 bits per heavy atom. The van der Waals surface area contributed by atoms with E-state index >= 15 is 0 Å². The van der Waals surface area contributed by atoms with Gasteiger partial charge in [0.15, 0.2) is 0 Å². The Labute approximate surface area is 266 Å². The average molecular weight is 603 g/mol. The van der Waals surface area contributed by atoms with Gasteiger partial charge in [0, 0.05) is 29.6 Å². The van der Waals surface area contributed by atoms with Gasteiger partial charge in [-0.15, -0.1) is 0 Å². The number of carbonyl (C=O) groups is 3. The number of hydrogen-bond acceptors (Lipinski definition) is 3. The number of ketones is 2. The molecule has 0 heterocycles. The molecule has 4 heteroatoms. The van der Waals surface area contributed by atoms with Crippen molar-refractivity contribution in [2.75, 3.05) is 0 Å². The number of fused-ring (bicyclic) bond motifs is 3. The zero-order chi connectivity index (χ0) is 32.5. The number of carboxylic acids is 1. The predicted molar refractivity (Wildman–Crippen MR) is 178 cm³/mol. The quantitative estimate of drug-likeness (QED) is 0.281. The number of aliphatic carboxylic acids is 1. The monoisotopic (exact) mass is 602 g/mol. The third-order valence-corrected chi connectivity index (χ3v) is 14.3. The maximum atomic E-state index is 14.3. The summed E-state index contributed by atoms with van der Waals surface area (Å²) >= 11 is 0. The second-order valence-electron chi connectivity index (χ2n) is 17.0. The molecule has 0 aromatic rings. The van der Waals surface area contributed by atoms with Gasteiger partial charge in [-0.1, -0.05) is 81.2 Å². The molecule has 5 aliphatic rings. The van der Waals surface area contributed by atoms with Gasteiger partial charge in [-0.05, 0) is 114 Å². The molecule has 242 valence electrons. The summed E-state index contributed by atoms with van der Waals surface area (Å²) in [6.07, 6.45) is 15.4. The average Bonchev–Trinajstić information content (AvgIpc) is 3.48. The van der Waals surface area contributed by atoms with E-state index < -0.39 is 17.3 Å². The number of allylic oxidation sites excluding steroid dienone is 7. The standard InChI is InChI=1S/C40H58O4/c1-25(2)11-10-12-28-16-19-38(8,35(43)44)31(24-28)32(41)23-27(4)39(9)21-15-26(3)40(39)22-17-29-30(40)13-14-33-36(5,6)34(42)18-20-37(29,33)7/h11,16,27,31,33H,3,10,12-15,17-24H2,1-2,4-9H3,(H,43,44). The van der Waals surface area contributed by atoms with E-state index in [4.69, 9.17) is 6.58 Å². The van der Waals surface area contributed by atoms with Crippen LogP contribution in [-0.4, -0.2) is 22.6 Å². The highest BCUT2D eigenvalue weighted by atomic mass is 16.4. The van der Waals surface area contributed by atoms with Crippen LogP contribution in [-0.2, 0) is 14.4 Å². The molecule has 0 radical (unpaired) electrons. The number of rotatable bonds is 8. The van der Waals surface area contributed by atoms with E-state index in [2.05, 4.69) is 60.6 Å². The number of carboxylic acid groups (broad SMARTS) is 1. The minimum atomic E-state index is -1.06. The molecule has 4 nitrogen and oxygen atoms in total. The van der Waals surface area contributed by atoms with Crippen molar-refractivity contribution in [2.24, 2.45) is 44.8 Å². The largest absolute Gasteiger partial charge is 0.481 e. The Morgan fingerprint density at radius 3 is 2.39 bits per heavy atom. The Kier molecular flexibility index (Phi) is 8.46. The van der Waals surface area contributed by atoms with Gasteiger partial charge < -0.3 is 5.11 Å². The molecular formula is C40H58O4. The summed E-state index contributed by atoms with van der Waals surface area (Å²) in [5, 5.41) is 10.3. The van der Waals surface area contributed by atoms with E-state index in [1.807, 2.05) is 0 Å². The van der Waals surface area contributed by atoms with Crippen LogP contribution < -0.4 is 0 Å². The molecular weight excluding hydrogens is 544 g/mol. The topological polar surface area (TPSA) is 71.4 Å². The van der Waals surface area contributed by atoms with Crippen LogP contribution in [0.25, 0.3) is 0 Å². The molecule has 0 bridgehead atoms. The van der Waals surface area contributed by atoms with Crippen molar-refractivity contribution < 1.29 is 19.5 Å². The Bertz CT molecular complexity index is 1350. The second kappa shape index (κ2) is 11.2. The summed E-state index contributed by atoms with van der Waals surface area (Å²) < 4.78 is 0. The SMILES string of the molecule is C=C1CCC(C)(C(C)CC(=O)C2CC(CCC=C(C)C)=CCC2(C)C(=O)O)C12CCC1=C2CCC2C(C)(C)C(=O)CCC12C. The van der Waals surface area contributed by atoms with Gasteiger partial charge in [-0.2, -0.15) is 0 Å². The van der Waals surface area contributed by atoms with Crippen molar-refractivity contribution in [2.45, 2.75) is 139 Å². The Morgan fingerprint density at radius 1 is 1.02 bits per heavy atom. The zero-order valence-electron chi connectivity index (χ0n) is 29.0. The van der Waals surface area contributed by atoms with Crippen LogP contribution in [0.15, 0.2) is 46.6 Å². The number of Topliss-reactive ketones (excluding diaryl/α,β-unsaturated/α-hetero) is 2. The lowest BCUT2D eigenvalue weighted by Crippen LogP contribution is -2.51. The normalized spacial score (nSPS) is 38.7. The van der Waals surface area contributed by atoms with E-state index in [0.29, 0.717) is 37.4 Å². The van der Waals surface area contributed by atoms with Crippen LogP contribution in [0.4, 0.5) is 0 Å². The third kappa shape index (κ3) is 4.79. The van der Waals surface area contributed by atoms with Crippen molar-refractivity contribution in [3.05, 3.63) is 46.6 Å². The second-order valence-corrected chi connectivity index (χ2v) is 17.0. The summed E-state index contributed by atoms with van der Waals surface area (Å²) in [5.41, 5.74) is 5.58. The summed E-state index contributed by atoms with van der Waals surface area (Å²) in [5.74, 6) is -0.305. The van der Waals surface area contributed by atoms with Crippen molar-refractivity contribution in [3.63, 3.8) is 0 Å². The van der Waals surface area contributed by atoms with Gasteiger partial charge >= 0.3 is 5.97 Å². The van der Waals surface area contributed by atoms with E-state index in [1.54, 1.807) is 18.1 Å². The molecule has 2 fully saturated rings. The lowest BCUT2D eigenvalue weighted by molar-refractivity contribution is -0.155. The maximum absolute atomic E-state index is 14.3. The van der Waals surface area contributed by atoms with Crippen molar-refractivity contribution in [3.8, 4) is 0 Å². The van der Waals surface area contributed by atoms with Crippen LogP contribution in [0.2, 0.25) is 0 Å². The number of carbonyl (C=O) groups excluding carboxylic acids is 2. The van der Waals surface area contributed by atoms with Crippen LogP contribution in [0, 0.1) is 44.8 Å². The third-order valence-electron chi connectivity index (χ3n) is 14.3. The van der Waals surface area contributed by atoms with Crippen LogP contribution in [0.3, 0.4) is 0 Å². The highest BCUT2D eigenvalue weighted by Gasteiger charge is 2.65. The lowest BCUT2D eigenvalue weighted by Gasteiger charge is -2.55. The lowest BCUT2D eigenvalue weighted by atomic mass is 9.48. The Hall–Kier alpha value is -2.23. The molecule has 5 aliphatic carbocycles. The summed E-state index contributed by atoms with van der Waals surface area (Å²) in [4.78, 5) is 39.9. The molecule has 0 aromatic carbocycles. The molecule has 7 unspecified atom stereocenters. The van der Waals surface area contributed by atoms with E-state index in [0.717, 1.165) is 57.8 Å². The highest BCUT2D eigenvalue weighted by Crippen LogP contribution is 2.74. The summed E-state index contributed by atoms with van der Waals surface area (Å²) in [6, 6.07) is 0. The van der Waals surface area contributed by atoms with Crippen molar-refractivity contribution in [1.29, 1.82) is 0 Å². The van der Waals surface area contributed by atoms with E-state index in [9.17, 15) is 19.5 Å². The molecule has 0 amide bonds. The molecule has 1 N–H and O–H groups in total. The van der Waals surface area contributed by atoms with E-state index in [-0.39, 0.29) is 33.4 Å². The first-order valence-electron chi connectivity index (χ1n) is 17.5. The van der Waals surface area contributed by atoms with E-state index in [1.165, 1.54) is 16.7 Å².